The fourth-order valence-corrected chi connectivity index (χ4v) is 2.00. The largest absolute Gasteiger partial charge is 0.415 e. The van der Waals surface area contributed by atoms with Crippen molar-refractivity contribution in [1.29, 1.82) is 0 Å². The second-order valence-electron chi connectivity index (χ2n) is 4.77. The number of para-hydroxylation sites is 1. The van der Waals surface area contributed by atoms with Gasteiger partial charge in [-0.2, -0.15) is 0 Å². The molecule has 96 valence electrons. The lowest BCUT2D eigenvalue weighted by atomic mass is 10.0. The molecule has 1 aromatic rings. The summed E-state index contributed by atoms with van der Waals surface area (Å²) in [5.41, 5.74) is 0.997. The third kappa shape index (κ3) is 2.70. The zero-order chi connectivity index (χ0) is 13.1. The third-order valence-electron chi connectivity index (χ3n) is 3.02. The standard InChI is InChI=1S/C14H17NO3/c1-10(2)12-5-3-4-6-13(12)18-14(17)15-8-7-11(16)9-15/h3-6,10H,7-9H2,1-2H3. The summed E-state index contributed by atoms with van der Waals surface area (Å²) >= 11 is 0. The second kappa shape index (κ2) is 5.21. The Morgan fingerprint density at radius 3 is 2.67 bits per heavy atom. The average Bonchev–Trinajstić information content (AvgIpc) is 2.76. The zero-order valence-corrected chi connectivity index (χ0v) is 10.7. The van der Waals surface area contributed by atoms with E-state index in [0.29, 0.717) is 18.7 Å². The van der Waals surface area contributed by atoms with E-state index >= 15 is 0 Å². The first kappa shape index (κ1) is 12.6. The lowest BCUT2D eigenvalue weighted by Gasteiger charge is -2.17. The molecule has 2 rings (SSSR count). The average molecular weight is 247 g/mol. The van der Waals surface area contributed by atoms with Crippen molar-refractivity contribution >= 4 is 11.9 Å². The van der Waals surface area contributed by atoms with Crippen molar-refractivity contribution in [2.45, 2.75) is 26.2 Å². The van der Waals surface area contributed by atoms with E-state index in [1.807, 2.05) is 32.0 Å². The Morgan fingerprint density at radius 1 is 1.33 bits per heavy atom. The topological polar surface area (TPSA) is 46.6 Å². The Labute approximate surface area is 107 Å². The minimum absolute atomic E-state index is 0.0871. The highest BCUT2D eigenvalue weighted by Gasteiger charge is 2.26. The Balaban J connectivity index is 2.09. The van der Waals surface area contributed by atoms with Crippen LogP contribution < -0.4 is 4.74 Å². The van der Waals surface area contributed by atoms with Gasteiger partial charge in [-0.25, -0.2) is 4.79 Å². The summed E-state index contributed by atoms with van der Waals surface area (Å²) in [5.74, 6) is 0.954. The number of rotatable bonds is 2. The molecule has 1 heterocycles. The molecule has 0 spiro atoms. The minimum Gasteiger partial charge on any atom is -0.410 e. The Morgan fingerprint density at radius 2 is 2.06 bits per heavy atom. The molecule has 1 saturated heterocycles. The molecule has 0 bridgehead atoms. The zero-order valence-electron chi connectivity index (χ0n) is 10.7. The number of carbonyl (C=O) groups excluding carboxylic acids is 2. The summed E-state index contributed by atoms with van der Waals surface area (Å²) in [7, 11) is 0. The first-order valence-corrected chi connectivity index (χ1v) is 6.15. The van der Waals surface area contributed by atoms with Crippen molar-refractivity contribution in [3.63, 3.8) is 0 Å². The maximum Gasteiger partial charge on any atom is 0.415 e. The monoisotopic (exact) mass is 247 g/mol. The molecule has 0 N–H and O–H groups in total. The van der Waals surface area contributed by atoms with Crippen LogP contribution in [0.25, 0.3) is 0 Å². The van der Waals surface area contributed by atoms with Gasteiger partial charge in [-0.1, -0.05) is 32.0 Å². The van der Waals surface area contributed by atoms with E-state index in [2.05, 4.69) is 0 Å². The van der Waals surface area contributed by atoms with Crippen LogP contribution >= 0.6 is 0 Å². The number of Topliss-reactive ketones (excluding diaryl/α,β-unsaturated/α-hetero) is 1. The van der Waals surface area contributed by atoms with E-state index in [0.717, 1.165) is 5.56 Å². The summed E-state index contributed by atoms with van der Waals surface area (Å²) in [4.78, 5) is 24.5. The highest BCUT2D eigenvalue weighted by molar-refractivity contribution is 5.87. The Hall–Kier alpha value is -1.84. The smallest absolute Gasteiger partial charge is 0.410 e. The molecule has 0 atom stereocenters. The van der Waals surface area contributed by atoms with Crippen molar-refractivity contribution in [3.8, 4) is 5.75 Å². The van der Waals surface area contributed by atoms with Gasteiger partial charge in [0.15, 0.2) is 5.78 Å². The van der Waals surface area contributed by atoms with Crippen LogP contribution in [0.3, 0.4) is 0 Å². The molecule has 1 fully saturated rings. The van der Waals surface area contributed by atoms with Crippen molar-refractivity contribution in [2.75, 3.05) is 13.1 Å². The summed E-state index contributed by atoms with van der Waals surface area (Å²) in [5, 5.41) is 0. The molecule has 1 aliphatic heterocycles. The molecule has 0 aliphatic carbocycles. The fourth-order valence-electron chi connectivity index (χ4n) is 2.00. The van der Waals surface area contributed by atoms with E-state index in [1.54, 1.807) is 6.07 Å². The van der Waals surface area contributed by atoms with Gasteiger partial charge in [-0.05, 0) is 17.5 Å². The van der Waals surface area contributed by atoms with Crippen LogP contribution in [0.2, 0.25) is 0 Å². The lowest BCUT2D eigenvalue weighted by molar-refractivity contribution is -0.116. The van der Waals surface area contributed by atoms with Crippen LogP contribution in [0.4, 0.5) is 4.79 Å². The number of likely N-dealkylation sites (tertiary alicyclic amines) is 1. The van der Waals surface area contributed by atoms with Crippen LogP contribution in [0.5, 0.6) is 5.75 Å². The first-order chi connectivity index (χ1) is 8.58. The van der Waals surface area contributed by atoms with Crippen LogP contribution in [0, 0.1) is 0 Å². The molecule has 4 heteroatoms. The molecule has 0 saturated carbocycles. The molecule has 0 unspecified atom stereocenters. The Bertz CT molecular complexity index is 468. The van der Waals surface area contributed by atoms with Gasteiger partial charge in [0.25, 0.3) is 0 Å². The molecule has 4 nitrogen and oxygen atoms in total. The van der Waals surface area contributed by atoms with E-state index in [1.165, 1.54) is 4.90 Å². The maximum absolute atomic E-state index is 11.9. The molecule has 0 aromatic heterocycles. The normalized spacial score (nSPS) is 15.3. The predicted octanol–water partition coefficient (Wildman–Crippen LogP) is 2.58. The number of hydrogen-bond acceptors (Lipinski definition) is 3. The van der Waals surface area contributed by atoms with Crippen molar-refractivity contribution < 1.29 is 14.3 Å². The first-order valence-electron chi connectivity index (χ1n) is 6.15. The summed E-state index contributed by atoms with van der Waals surface area (Å²) in [6.07, 6.45) is -0.00468. The van der Waals surface area contributed by atoms with Crippen LogP contribution in [-0.2, 0) is 4.79 Å². The van der Waals surface area contributed by atoms with Crippen LogP contribution in [-0.4, -0.2) is 29.9 Å². The van der Waals surface area contributed by atoms with Crippen molar-refractivity contribution in [1.82, 2.24) is 4.90 Å². The van der Waals surface area contributed by atoms with Gasteiger partial charge in [0.05, 0.1) is 6.54 Å². The summed E-state index contributed by atoms with van der Waals surface area (Å²) < 4.78 is 5.37. The molecule has 1 amide bonds. The number of nitrogens with zero attached hydrogens (tertiary/aromatic N) is 1. The molecule has 1 aromatic carbocycles. The SMILES string of the molecule is CC(C)c1ccccc1OC(=O)N1CCC(=O)C1. The molecular weight excluding hydrogens is 230 g/mol. The van der Waals surface area contributed by atoms with Crippen LogP contribution in [0.15, 0.2) is 24.3 Å². The van der Waals surface area contributed by atoms with E-state index in [9.17, 15) is 9.59 Å². The maximum atomic E-state index is 11.9. The van der Waals surface area contributed by atoms with Crippen molar-refractivity contribution in [2.24, 2.45) is 0 Å². The number of ketones is 1. The van der Waals surface area contributed by atoms with Crippen LogP contribution in [0.1, 0.15) is 31.7 Å². The number of benzene rings is 1. The highest BCUT2D eigenvalue weighted by Crippen LogP contribution is 2.26. The fraction of sp³-hybridized carbons (Fsp3) is 0.429. The summed E-state index contributed by atoms with van der Waals surface area (Å²) in [6.45, 7) is 4.72. The third-order valence-corrected chi connectivity index (χ3v) is 3.02. The number of ether oxygens (including phenoxy) is 1. The molecule has 0 radical (unpaired) electrons. The quantitative estimate of drug-likeness (QED) is 0.807. The van der Waals surface area contributed by atoms with Crippen molar-refractivity contribution in [3.05, 3.63) is 29.8 Å². The van der Waals surface area contributed by atoms with Gasteiger partial charge < -0.3 is 9.64 Å². The molecule has 1 aliphatic rings. The van der Waals surface area contributed by atoms with E-state index in [-0.39, 0.29) is 18.2 Å². The molecule has 18 heavy (non-hydrogen) atoms. The van der Waals surface area contributed by atoms with Gasteiger partial charge in [0.1, 0.15) is 5.75 Å². The Kier molecular flexibility index (Phi) is 3.65. The lowest BCUT2D eigenvalue weighted by Crippen LogP contribution is -2.31. The summed E-state index contributed by atoms with van der Waals surface area (Å²) in [6, 6.07) is 7.49. The van der Waals surface area contributed by atoms with Gasteiger partial charge in [0, 0.05) is 13.0 Å². The van der Waals surface area contributed by atoms with Gasteiger partial charge in [-0.15, -0.1) is 0 Å². The minimum atomic E-state index is -0.436. The predicted molar refractivity (Wildman–Crippen MR) is 67.8 cm³/mol. The second-order valence-corrected chi connectivity index (χ2v) is 4.77. The highest BCUT2D eigenvalue weighted by atomic mass is 16.6. The van der Waals surface area contributed by atoms with Gasteiger partial charge >= 0.3 is 6.09 Å². The molecular formula is C14H17NO3. The van der Waals surface area contributed by atoms with Gasteiger partial charge in [-0.3, -0.25) is 4.79 Å². The number of hydrogen-bond donors (Lipinski definition) is 0. The van der Waals surface area contributed by atoms with E-state index in [4.69, 9.17) is 4.74 Å². The van der Waals surface area contributed by atoms with Gasteiger partial charge in [0.2, 0.25) is 0 Å². The number of amides is 1. The number of carbonyl (C=O) groups is 2. The van der Waals surface area contributed by atoms with E-state index < -0.39 is 6.09 Å².